The van der Waals surface area contributed by atoms with Crippen LogP contribution in [0.4, 0.5) is 0 Å². The predicted molar refractivity (Wildman–Crippen MR) is 116 cm³/mol. The maximum Gasteiger partial charge on any atom is 0.334 e. The molecule has 0 rings (SSSR count). The molecule has 0 radical (unpaired) electrons. The highest BCUT2D eigenvalue weighted by Crippen LogP contribution is 2.10. The van der Waals surface area contributed by atoms with Crippen molar-refractivity contribution in [3.05, 3.63) is 0 Å². The Labute approximate surface area is 181 Å². The number of aliphatic hydroxyl groups excluding tert-OH is 1. The van der Waals surface area contributed by atoms with Crippen LogP contribution in [0.1, 0.15) is 84.5 Å². The topological polar surface area (TPSA) is 118 Å². The number of hydrogen-bond donors (Lipinski definition) is 2. The second kappa shape index (κ2) is 19.1. The van der Waals surface area contributed by atoms with E-state index in [1.54, 1.807) is 0 Å². The number of halogens is 1. The number of aliphatic hydroxyl groups is 1. The quantitative estimate of drug-likeness (QED) is 0.204. The summed E-state index contributed by atoms with van der Waals surface area (Å²) < 4.78 is 25.9. The summed E-state index contributed by atoms with van der Waals surface area (Å²) in [4.78, 5) is 21.0. The molecule has 2 atom stereocenters. The molecule has 0 aromatic heterocycles. The molecule has 0 aromatic carbocycles. The average molecular weight is 459 g/mol. The number of rotatable bonds is 16. The Bertz CT molecular complexity index is 521. The van der Waals surface area contributed by atoms with Crippen LogP contribution in [-0.2, 0) is 24.2 Å². The zero-order valence-electron chi connectivity index (χ0n) is 18.1. The molecule has 174 valence electrons. The lowest BCUT2D eigenvalue weighted by atomic mass is 10.1. The summed E-state index contributed by atoms with van der Waals surface area (Å²) in [6.07, 6.45) is 12.7. The Hall–Kier alpha value is -0.860. The van der Waals surface area contributed by atoms with Gasteiger partial charge in [0.1, 0.15) is 21.3 Å². The number of ether oxygens (including phenoxy) is 1. The number of sulfone groups is 1. The highest BCUT2D eigenvalue weighted by Gasteiger charge is 2.15. The summed E-state index contributed by atoms with van der Waals surface area (Å²) in [5, 5.41) is 16.1. The summed E-state index contributed by atoms with van der Waals surface area (Å²) >= 11 is 5.26. The molecule has 0 aliphatic heterocycles. The van der Waals surface area contributed by atoms with Gasteiger partial charge < -0.3 is 14.9 Å². The molecule has 7 nitrogen and oxygen atoms in total. The number of carboxylic acid groups (broad SMARTS) is 1. The first-order valence-electron chi connectivity index (χ1n) is 10.4. The Kier molecular flexibility index (Phi) is 20.0. The fourth-order valence-electron chi connectivity index (χ4n) is 2.32. The molecule has 2 unspecified atom stereocenters. The number of unbranched alkanes of at least 4 members (excludes halogenated alkanes) is 9. The molecular formula is C20H39ClO7S. The zero-order chi connectivity index (χ0) is 22.7. The van der Waals surface area contributed by atoms with Crippen molar-refractivity contribution in [2.24, 2.45) is 0 Å². The van der Waals surface area contributed by atoms with E-state index in [1.165, 1.54) is 58.3 Å². The van der Waals surface area contributed by atoms with Crippen LogP contribution in [-0.4, -0.2) is 60.7 Å². The van der Waals surface area contributed by atoms with Gasteiger partial charge in [0.25, 0.3) is 0 Å². The van der Waals surface area contributed by atoms with Crippen LogP contribution in [0.2, 0.25) is 0 Å². The van der Waals surface area contributed by atoms with Crippen molar-refractivity contribution >= 4 is 33.4 Å². The lowest BCUT2D eigenvalue weighted by Crippen LogP contribution is -2.19. The van der Waals surface area contributed by atoms with Crippen molar-refractivity contribution in [1.82, 2.24) is 0 Å². The first kappa shape index (κ1) is 30.3. The van der Waals surface area contributed by atoms with Crippen molar-refractivity contribution < 1.29 is 33.0 Å². The minimum Gasteiger partial charge on any atom is -0.480 e. The van der Waals surface area contributed by atoms with Crippen molar-refractivity contribution in [3.63, 3.8) is 0 Å². The van der Waals surface area contributed by atoms with E-state index >= 15 is 0 Å². The second-order valence-corrected chi connectivity index (χ2v) is 10.0. The lowest BCUT2D eigenvalue weighted by molar-refractivity contribution is -0.152. The highest BCUT2D eigenvalue weighted by atomic mass is 35.5. The van der Waals surface area contributed by atoms with Gasteiger partial charge in [-0.2, -0.15) is 0 Å². The molecule has 0 aliphatic carbocycles. The average Bonchev–Trinajstić information content (AvgIpc) is 2.63. The molecule has 0 saturated heterocycles. The first-order chi connectivity index (χ1) is 13.5. The van der Waals surface area contributed by atoms with E-state index < -0.39 is 33.3 Å². The van der Waals surface area contributed by atoms with E-state index in [9.17, 15) is 18.0 Å². The summed E-state index contributed by atoms with van der Waals surface area (Å²) in [6, 6.07) is 0. The van der Waals surface area contributed by atoms with Crippen molar-refractivity contribution in [2.75, 3.05) is 18.6 Å². The molecule has 0 aromatic rings. The van der Waals surface area contributed by atoms with Gasteiger partial charge in [-0.3, -0.25) is 4.79 Å². The zero-order valence-corrected chi connectivity index (χ0v) is 19.6. The lowest BCUT2D eigenvalue weighted by Gasteiger charge is -2.06. The van der Waals surface area contributed by atoms with Gasteiger partial charge in [0.15, 0.2) is 0 Å². The molecule has 0 amide bonds. The SMILES string of the molecule is CCCCCCCCCCCCOC(=O)C(C)O.CS(=O)(=O)CCC(Cl)C(=O)O. The molecule has 0 spiro atoms. The maximum atomic E-state index is 10.9. The van der Waals surface area contributed by atoms with Gasteiger partial charge in [-0.05, 0) is 19.8 Å². The fraction of sp³-hybridized carbons (Fsp3) is 0.900. The van der Waals surface area contributed by atoms with E-state index in [0.29, 0.717) is 6.61 Å². The molecule has 0 saturated carbocycles. The van der Waals surface area contributed by atoms with E-state index in [1.807, 2.05) is 0 Å². The van der Waals surface area contributed by atoms with E-state index in [2.05, 4.69) is 6.92 Å². The van der Waals surface area contributed by atoms with E-state index in [0.717, 1.165) is 19.1 Å². The largest absolute Gasteiger partial charge is 0.480 e. The van der Waals surface area contributed by atoms with Crippen LogP contribution < -0.4 is 0 Å². The monoisotopic (exact) mass is 458 g/mol. The Morgan fingerprint density at radius 3 is 1.79 bits per heavy atom. The van der Waals surface area contributed by atoms with Gasteiger partial charge in [0.05, 0.1) is 12.4 Å². The molecule has 9 heteroatoms. The van der Waals surface area contributed by atoms with Crippen molar-refractivity contribution in [3.8, 4) is 0 Å². The van der Waals surface area contributed by atoms with Crippen molar-refractivity contribution in [1.29, 1.82) is 0 Å². The molecule has 0 bridgehead atoms. The summed E-state index contributed by atoms with van der Waals surface area (Å²) in [7, 11) is -3.10. The number of carboxylic acids is 1. The Morgan fingerprint density at radius 2 is 1.41 bits per heavy atom. The number of esters is 1. The van der Waals surface area contributed by atoms with Gasteiger partial charge >= 0.3 is 11.9 Å². The summed E-state index contributed by atoms with van der Waals surface area (Å²) in [5.41, 5.74) is 0. The standard InChI is InChI=1S/C15H30O3.C5H9ClO4S/c1-3-4-5-6-7-8-9-10-11-12-13-18-15(17)14(2)16;1-11(9,10)3-2-4(6)5(7)8/h14,16H,3-13H2,1-2H3;4H,2-3H2,1H3,(H,7,8). The van der Waals surface area contributed by atoms with Crippen molar-refractivity contribution in [2.45, 2.75) is 96.0 Å². The third-order valence-electron chi connectivity index (χ3n) is 4.09. The van der Waals surface area contributed by atoms with Gasteiger partial charge in [0, 0.05) is 6.26 Å². The molecule has 0 heterocycles. The maximum absolute atomic E-state index is 10.9. The Morgan fingerprint density at radius 1 is 0.966 bits per heavy atom. The van der Waals surface area contributed by atoms with Gasteiger partial charge in [0.2, 0.25) is 0 Å². The Balaban J connectivity index is 0. The fourth-order valence-corrected chi connectivity index (χ4v) is 3.23. The summed E-state index contributed by atoms with van der Waals surface area (Å²) in [5.74, 6) is -1.88. The smallest absolute Gasteiger partial charge is 0.334 e. The normalized spacial score (nSPS) is 13.1. The number of alkyl halides is 1. The number of aliphatic carboxylic acids is 1. The van der Waals surface area contributed by atoms with Gasteiger partial charge in [-0.25, -0.2) is 13.2 Å². The minimum absolute atomic E-state index is 0.0459. The van der Waals surface area contributed by atoms with E-state index in [-0.39, 0.29) is 12.2 Å². The molecule has 29 heavy (non-hydrogen) atoms. The van der Waals surface area contributed by atoms with Gasteiger partial charge in [-0.1, -0.05) is 64.7 Å². The first-order valence-corrected chi connectivity index (χ1v) is 12.9. The number of carbonyl (C=O) groups is 2. The summed E-state index contributed by atoms with van der Waals surface area (Å²) in [6.45, 7) is 4.12. The van der Waals surface area contributed by atoms with Crippen LogP contribution in [0.15, 0.2) is 0 Å². The predicted octanol–water partition coefficient (Wildman–Crippen LogP) is 3.94. The second-order valence-electron chi connectivity index (χ2n) is 7.25. The third kappa shape index (κ3) is 25.1. The van der Waals surface area contributed by atoms with Gasteiger partial charge in [-0.15, -0.1) is 11.6 Å². The van der Waals surface area contributed by atoms with Crippen LogP contribution in [0.5, 0.6) is 0 Å². The van der Waals surface area contributed by atoms with Crippen LogP contribution in [0.25, 0.3) is 0 Å². The molecule has 2 N–H and O–H groups in total. The molecule has 0 aliphatic rings. The number of hydrogen-bond acceptors (Lipinski definition) is 6. The van der Waals surface area contributed by atoms with Crippen LogP contribution in [0.3, 0.4) is 0 Å². The van der Waals surface area contributed by atoms with Crippen LogP contribution in [0, 0.1) is 0 Å². The highest BCUT2D eigenvalue weighted by molar-refractivity contribution is 7.90. The molecule has 0 fully saturated rings. The molecular weight excluding hydrogens is 420 g/mol. The van der Waals surface area contributed by atoms with Crippen LogP contribution >= 0.6 is 11.6 Å². The minimum atomic E-state index is -3.10. The van der Waals surface area contributed by atoms with E-state index in [4.69, 9.17) is 26.6 Å². The third-order valence-corrected chi connectivity index (χ3v) is 5.48. The number of carbonyl (C=O) groups excluding carboxylic acids is 1.